The highest BCUT2D eigenvalue weighted by Crippen LogP contribution is 2.42. The minimum absolute atomic E-state index is 0.0714. The third-order valence-corrected chi connectivity index (χ3v) is 4.97. The summed E-state index contributed by atoms with van der Waals surface area (Å²) in [6, 6.07) is 5.69. The molecular formula is C22H28F2N2O6. The summed E-state index contributed by atoms with van der Waals surface area (Å²) in [5.41, 5.74) is 0.246. The first kappa shape index (κ1) is 25.1. The monoisotopic (exact) mass is 454 g/mol. The van der Waals surface area contributed by atoms with Gasteiger partial charge in [0.05, 0.1) is 22.9 Å². The van der Waals surface area contributed by atoms with Crippen LogP contribution in [0.4, 0.5) is 13.6 Å². The minimum atomic E-state index is -3.13. The summed E-state index contributed by atoms with van der Waals surface area (Å²) >= 11 is 0. The van der Waals surface area contributed by atoms with Gasteiger partial charge >= 0.3 is 12.8 Å². The molecular weight excluding hydrogens is 426 g/mol. The molecule has 0 aliphatic carbocycles. The van der Waals surface area contributed by atoms with E-state index in [-0.39, 0.29) is 35.1 Å². The van der Waals surface area contributed by atoms with Crippen molar-refractivity contribution >= 4 is 6.16 Å². The van der Waals surface area contributed by atoms with Crippen LogP contribution in [-0.4, -0.2) is 24.3 Å². The second-order valence-corrected chi connectivity index (χ2v) is 7.35. The lowest BCUT2D eigenvalue weighted by molar-refractivity contribution is -0.431. The number of benzene rings is 1. The zero-order chi connectivity index (χ0) is 23.7. The number of ether oxygens (including phenoxy) is 3. The highest BCUT2D eigenvalue weighted by atomic mass is 19.3. The fourth-order valence-electron chi connectivity index (χ4n) is 3.53. The van der Waals surface area contributed by atoms with E-state index < -0.39 is 23.6 Å². The molecule has 176 valence electrons. The van der Waals surface area contributed by atoms with Gasteiger partial charge in [0.1, 0.15) is 17.4 Å². The van der Waals surface area contributed by atoms with E-state index in [0.29, 0.717) is 12.1 Å². The Hall–Kier alpha value is -3.17. The SMILES string of the molecule is CCCCCCCOC(=O)OC1=C(C)NC(C)=C([N+](=O)[O-])C1c1ccccc1OC(F)F. The molecule has 1 atom stereocenters. The fraction of sp³-hybridized carbons (Fsp3) is 0.500. The van der Waals surface area contributed by atoms with E-state index in [2.05, 4.69) is 17.0 Å². The van der Waals surface area contributed by atoms with Crippen LogP contribution >= 0.6 is 0 Å². The van der Waals surface area contributed by atoms with E-state index in [1.165, 1.54) is 31.2 Å². The first-order valence-corrected chi connectivity index (χ1v) is 10.5. The number of unbranched alkanes of at least 4 members (excludes halogenated alkanes) is 4. The van der Waals surface area contributed by atoms with Crippen molar-refractivity contribution in [2.45, 2.75) is 65.4 Å². The average molecular weight is 454 g/mol. The van der Waals surface area contributed by atoms with Gasteiger partial charge in [-0.3, -0.25) is 10.1 Å². The highest BCUT2D eigenvalue weighted by molar-refractivity contribution is 5.63. The van der Waals surface area contributed by atoms with Gasteiger partial charge in [0.2, 0.25) is 0 Å². The first-order chi connectivity index (χ1) is 15.3. The Bertz CT molecular complexity index is 885. The number of para-hydroxylation sites is 1. The lowest BCUT2D eigenvalue weighted by atomic mass is 9.89. The number of alkyl halides is 2. The number of nitro groups is 1. The molecule has 1 aromatic rings. The molecule has 32 heavy (non-hydrogen) atoms. The fourth-order valence-corrected chi connectivity index (χ4v) is 3.53. The smallest absolute Gasteiger partial charge is 0.435 e. The van der Waals surface area contributed by atoms with Crippen LogP contribution in [0.25, 0.3) is 0 Å². The van der Waals surface area contributed by atoms with Gasteiger partial charge in [0, 0.05) is 5.56 Å². The standard InChI is InChI=1S/C22H28F2N2O6/c1-4-5-6-7-10-13-30-22(27)32-20-15(3)25-14(2)19(26(28)29)18(20)16-11-8-9-12-17(16)31-21(23)24/h8-9,11-12,18,21,25H,4-7,10,13H2,1-3H3. The van der Waals surface area contributed by atoms with E-state index in [9.17, 15) is 23.7 Å². The van der Waals surface area contributed by atoms with Crippen LogP contribution in [0.1, 0.15) is 64.4 Å². The zero-order valence-electron chi connectivity index (χ0n) is 18.4. The number of dihydropyridines is 1. The van der Waals surface area contributed by atoms with Crippen LogP contribution < -0.4 is 10.1 Å². The van der Waals surface area contributed by atoms with Crippen molar-refractivity contribution in [1.82, 2.24) is 5.32 Å². The Morgan fingerprint density at radius 3 is 2.50 bits per heavy atom. The molecule has 0 amide bonds. The van der Waals surface area contributed by atoms with Crippen molar-refractivity contribution in [3.8, 4) is 5.75 Å². The van der Waals surface area contributed by atoms with E-state index in [1.807, 2.05) is 0 Å². The summed E-state index contributed by atoms with van der Waals surface area (Å²) in [7, 11) is 0. The summed E-state index contributed by atoms with van der Waals surface area (Å²) in [6.45, 7) is 2.16. The van der Waals surface area contributed by atoms with Gasteiger partial charge in [0.15, 0.2) is 0 Å². The summed E-state index contributed by atoms with van der Waals surface area (Å²) in [4.78, 5) is 23.5. The Kier molecular flexibility index (Phi) is 9.42. The Balaban J connectivity index is 2.29. The molecule has 0 radical (unpaired) electrons. The lowest BCUT2D eigenvalue weighted by Gasteiger charge is -2.27. The van der Waals surface area contributed by atoms with Crippen molar-refractivity contribution in [2.75, 3.05) is 6.61 Å². The van der Waals surface area contributed by atoms with Crippen molar-refractivity contribution < 1.29 is 32.7 Å². The summed E-state index contributed by atoms with van der Waals surface area (Å²) in [5.74, 6) is -1.61. The lowest BCUT2D eigenvalue weighted by Crippen LogP contribution is -2.30. The maximum Gasteiger partial charge on any atom is 0.513 e. The van der Waals surface area contributed by atoms with E-state index in [0.717, 1.165) is 25.7 Å². The normalized spacial score (nSPS) is 16.1. The van der Waals surface area contributed by atoms with Crippen LogP contribution in [0, 0.1) is 10.1 Å². The highest BCUT2D eigenvalue weighted by Gasteiger charge is 2.41. The number of halogens is 2. The molecule has 1 aliphatic heterocycles. The molecule has 0 spiro atoms. The number of carbonyl (C=O) groups is 1. The van der Waals surface area contributed by atoms with Gasteiger partial charge in [-0.15, -0.1) is 0 Å². The quantitative estimate of drug-likeness (QED) is 0.194. The Morgan fingerprint density at radius 2 is 1.84 bits per heavy atom. The van der Waals surface area contributed by atoms with Crippen molar-refractivity contribution in [3.63, 3.8) is 0 Å². The van der Waals surface area contributed by atoms with Gasteiger partial charge in [-0.1, -0.05) is 50.8 Å². The first-order valence-electron chi connectivity index (χ1n) is 10.5. The summed E-state index contributed by atoms with van der Waals surface area (Å²) in [5, 5.41) is 14.7. The molecule has 1 N–H and O–H groups in total. The molecule has 10 heteroatoms. The summed E-state index contributed by atoms with van der Waals surface area (Å²) < 4.78 is 40.9. The topological polar surface area (TPSA) is 99.9 Å². The third kappa shape index (κ3) is 6.66. The zero-order valence-corrected chi connectivity index (χ0v) is 18.4. The van der Waals surface area contributed by atoms with Crippen LogP contribution in [0.15, 0.2) is 47.1 Å². The molecule has 0 bridgehead atoms. The maximum atomic E-state index is 12.9. The number of hydrogen-bond donors (Lipinski definition) is 1. The summed E-state index contributed by atoms with van der Waals surface area (Å²) in [6.07, 6.45) is 3.77. The van der Waals surface area contributed by atoms with Crippen LogP contribution in [-0.2, 0) is 9.47 Å². The van der Waals surface area contributed by atoms with E-state index in [1.54, 1.807) is 6.92 Å². The molecule has 0 saturated heterocycles. The van der Waals surface area contributed by atoms with Crippen LogP contribution in [0.3, 0.4) is 0 Å². The van der Waals surface area contributed by atoms with E-state index in [4.69, 9.17) is 9.47 Å². The van der Waals surface area contributed by atoms with Crippen molar-refractivity contribution in [1.29, 1.82) is 0 Å². The number of nitrogens with zero attached hydrogens (tertiary/aromatic N) is 1. The van der Waals surface area contributed by atoms with Crippen LogP contribution in [0.5, 0.6) is 5.75 Å². The van der Waals surface area contributed by atoms with Crippen molar-refractivity contribution in [3.05, 3.63) is 62.8 Å². The molecule has 1 aliphatic rings. The van der Waals surface area contributed by atoms with E-state index >= 15 is 0 Å². The van der Waals surface area contributed by atoms with Gasteiger partial charge < -0.3 is 19.5 Å². The molecule has 2 rings (SSSR count). The second kappa shape index (κ2) is 12.0. The van der Waals surface area contributed by atoms with Gasteiger partial charge in [-0.05, 0) is 26.3 Å². The molecule has 8 nitrogen and oxygen atoms in total. The number of carbonyl (C=O) groups excluding carboxylic acids is 1. The average Bonchev–Trinajstić information content (AvgIpc) is 2.72. The largest absolute Gasteiger partial charge is 0.513 e. The van der Waals surface area contributed by atoms with Crippen LogP contribution in [0.2, 0.25) is 0 Å². The molecule has 0 saturated carbocycles. The number of allylic oxidation sites excluding steroid dienone is 2. The number of nitrogens with one attached hydrogen (secondary N) is 1. The van der Waals surface area contributed by atoms with Gasteiger partial charge in [0.25, 0.3) is 5.70 Å². The molecule has 0 fully saturated rings. The third-order valence-electron chi connectivity index (χ3n) is 4.97. The number of hydrogen-bond acceptors (Lipinski definition) is 7. The van der Waals surface area contributed by atoms with Crippen molar-refractivity contribution in [2.24, 2.45) is 0 Å². The maximum absolute atomic E-state index is 12.9. The predicted octanol–water partition coefficient (Wildman–Crippen LogP) is 5.84. The minimum Gasteiger partial charge on any atom is -0.435 e. The molecule has 1 aromatic carbocycles. The Morgan fingerprint density at radius 1 is 1.16 bits per heavy atom. The predicted molar refractivity (Wildman–Crippen MR) is 113 cm³/mol. The van der Waals surface area contributed by atoms with Gasteiger partial charge in [-0.2, -0.15) is 8.78 Å². The second-order valence-electron chi connectivity index (χ2n) is 7.35. The molecule has 1 unspecified atom stereocenters. The Labute approximate surface area is 185 Å². The molecule has 0 aromatic heterocycles. The number of rotatable bonds is 11. The molecule has 1 heterocycles. The van der Waals surface area contributed by atoms with Gasteiger partial charge in [-0.25, -0.2) is 4.79 Å².